The number of benzene rings is 3. The first-order chi connectivity index (χ1) is 15.4. The van der Waals surface area contributed by atoms with Gasteiger partial charge in [0.25, 0.3) is 5.91 Å². The quantitative estimate of drug-likeness (QED) is 0.381. The lowest BCUT2D eigenvalue weighted by atomic mass is 10.0. The summed E-state index contributed by atoms with van der Waals surface area (Å²) in [5, 5.41) is 13.8. The monoisotopic (exact) mass is 446 g/mol. The summed E-state index contributed by atoms with van der Waals surface area (Å²) in [5.41, 5.74) is 3.69. The Hall–Kier alpha value is -3.57. The molecule has 1 heterocycles. The summed E-state index contributed by atoms with van der Waals surface area (Å²) in [6.07, 6.45) is 2.80. The molecule has 2 N–H and O–H groups in total. The van der Waals surface area contributed by atoms with Crippen LogP contribution in [0.4, 0.5) is 0 Å². The van der Waals surface area contributed by atoms with Crippen LogP contribution in [0.25, 0.3) is 10.9 Å². The van der Waals surface area contributed by atoms with Gasteiger partial charge < -0.3 is 15.0 Å². The molecule has 0 fully saturated rings. The number of hydrogen-bond acceptors (Lipinski definition) is 2. The van der Waals surface area contributed by atoms with Crippen molar-refractivity contribution in [2.45, 2.75) is 25.9 Å². The van der Waals surface area contributed by atoms with E-state index < -0.39 is 5.97 Å². The van der Waals surface area contributed by atoms with Gasteiger partial charge in [-0.15, -0.1) is 0 Å². The number of hydrogen-bond donors (Lipinski definition) is 2. The predicted octanol–water partition coefficient (Wildman–Crippen LogP) is 5.73. The molecule has 4 rings (SSSR count). The zero-order valence-electron chi connectivity index (χ0n) is 17.6. The highest BCUT2D eigenvalue weighted by atomic mass is 35.5. The van der Waals surface area contributed by atoms with Crippen LogP contribution >= 0.6 is 11.6 Å². The Bertz CT molecular complexity index is 1280. The molecule has 0 unspecified atom stereocenters. The van der Waals surface area contributed by atoms with Gasteiger partial charge in [-0.25, -0.2) is 4.79 Å². The second kappa shape index (κ2) is 9.28. The van der Waals surface area contributed by atoms with Crippen molar-refractivity contribution in [3.05, 3.63) is 106 Å². The van der Waals surface area contributed by atoms with E-state index in [0.29, 0.717) is 10.6 Å². The number of amides is 1. The average Bonchev–Trinajstić information content (AvgIpc) is 3.21. The van der Waals surface area contributed by atoms with Gasteiger partial charge in [0.15, 0.2) is 0 Å². The standard InChI is InChI=1S/C26H23ClN2O3/c1-17(19-8-10-21(11-9-19)26(31)32)28-25(30)23-7-3-5-20-13-15-29(24(20)23)14-12-18-4-2-6-22(27)16-18/h2-11,13,15-17H,12,14H2,1H3,(H,28,30)(H,31,32)/t17-/m0/s1. The molecule has 0 aliphatic carbocycles. The normalized spacial score (nSPS) is 11.9. The van der Waals surface area contributed by atoms with E-state index >= 15 is 0 Å². The van der Waals surface area contributed by atoms with Crippen LogP contribution in [0.5, 0.6) is 0 Å². The minimum atomic E-state index is -0.974. The molecule has 3 aromatic carbocycles. The molecule has 0 saturated heterocycles. The van der Waals surface area contributed by atoms with E-state index in [0.717, 1.165) is 35.0 Å². The molecule has 1 amide bonds. The third kappa shape index (κ3) is 4.68. The Labute approximate surface area is 191 Å². The minimum absolute atomic E-state index is 0.173. The number of nitrogens with one attached hydrogen (secondary N) is 1. The van der Waals surface area contributed by atoms with Gasteiger partial charge >= 0.3 is 5.97 Å². The molecule has 1 atom stereocenters. The maximum atomic E-state index is 13.2. The maximum absolute atomic E-state index is 13.2. The Morgan fingerprint density at radius 3 is 2.50 bits per heavy atom. The first kappa shape index (κ1) is 21.7. The van der Waals surface area contributed by atoms with E-state index in [1.807, 2.05) is 61.7 Å². The summed E-state index contributed by atoms with van der Waals surface area (Å²) in [6, 6.07) is 21.8. The fourth-order valence-electron chi connectivity index (χ4n) is 3.84. The Balaban J connectivity index is 1.54. The van der Waals surface area contributed by atoms with Crippen LogP contribution in [-0.2, 0) is 13.0 Å². The first-order valence-electron chi connectivity index (χ1n) is 10.4. The van der Waals surface area contributed by atoms with Crippen molar-refractivity contribution in [3.63, 3.8) is 0 Å². The van der Waals surface area contributed by atoms with E-state index in [-0.39, 0.29) is 17.5 Å². The molecule has 0 radical (unpaired) electrons. The molecule has 32 heavy (non-hydrogen) atoms. The van der Waals surface area contributed by atoms with Crippen LogP contribution in [0.3, 0.4) is 0 Å². The van der Waals surface area contributed by atoms with E-state index in [2.05, 4.69) is 9.88 Å². The summed E-state index contributed by atoms with van der Waals surface area (Å²) >= 11 is 6.10. The Morgan fingerprint density at radius 2 is 1.78 bits per heavy atom. The van der Waals surface area contributed by atoms with E-state index in [9.17, 15) is 9.59 Å². The number of carbonyl (C=O) groups is 2. The van der Waals surface area contributed by atoms with Crippen molar-refractivity contribution in [1.82, 2.24) is 9.88 Å². The number of aromatic nitrogens is 1. The molecule has 0 aliphatic heterocycles. The smallest absolute Gasteiger partial charge is 0.335 e. The number of carboxylic acid groups (broad SMARTS) is 1. The lowest BCUT2D eigenvalue weighted by molar-refractivity contribution is 0.0696. The van der Waals surface area contributed by atoms with Crippen LogP contribution < -0.4 is 5.32 Å². The number of carboxylic acids is 1. The number of halogens is 1. The van der Waals surface area contributed by atoms with Gasteiger partial charge in [-0.3, -0.25) is 4.79 Å². The Morgan fingerprint density at radius 1 is 1.03 bits per heavy atom. The highest BCUT2D eigenvalue weighted by Gasteiger charge is 2.17. The average molecular weight is 447 g/mol. The van der Waals surface area contributed by atoms with Gasteiger partial charge in [-0.05, 0) is 60.9 Å². The van der Waals surface area contributed by atoms with Crippen LogP contribution in [0.2, 0.25) is 5.02 Å². The van der Waals surface area contributed by atoms with Gasteiger partial charge in [-0.2, -0.15) is 0 Å². The van der Waals surface area contributed by atoms with E-state index in [1.54, 1.807) is 24.3 Å². The SMILES string of the molecule is C[C@H](NC(=O)c1cccc2ccn(CCc3cccc(Cl)c3)c12)c1ccc(C(=O)O)cc1. The maximum Gasteiger partial charge on any atom is 0.335 e. The molecular weight excluding hydrogens is 424 g/mol. The van der Waals surface area contributed by atoms with Gasteiger partial charge in [0.1, 0.15) is 0 Å². The molecule has 0 aliphatic rings. The van der Waals surface area contributed by atoms with E-state index in [4.69, 9.17) is 16.7 Å². The van der Waals surface area contributed by atoms with Crippen LogP contribution in [-0.4, -0.2) is 21.6 Å². The van der Waals surface area contributed by atoms with E-state index in [1.165, 1.54) is 0 Å². The zero-order chi connectivity index (χ0) is 22.7. The second-order valence-electron chi connectivity index (χ2n) is 7.75. The van der Waals surface area contributed by atoms with Crippen molar-refractivity contribution in [3.8, 4) is 0 Å². The molecule has 5 nitrogen and oxygen atoms in total. The molecule has 0 spiro atoms. The molecule has 4 aromatic rings. The van der Waals surface area contributed by atoms with Crippen molar-refractivity contribution < 1.29 is 14.7 Å². The summed E-state index contributed by atoms with van der Waals surface area (Å²) in [7, 11) is 0. The number of carbonyl (C=O) groups excluding carboxylic acids is 1. The fraction of sp³-hybridized carbons (Fsp3) is 0.154. The number of aryl methyl sites for hydroxylation is 2. The Kier molecular flexibility index (Phi) is 6.28. The lowest BCUT2D eigenvalue weighted by Gasteiger charge is -2.16. The summed E-state index contributed by atoms with van der Waals surface area (Å²) in [5.74, 6) is -1.15. The van der Waals surface area contributed by atoms with Crippen molar-refractivity contribution in [2.24, 2.45) is 0 Å². The highest BCUT2D eigenvalue weighted by molar-refractivity contribution is 6.30. The molecule has 0 bridgehead atoms. The molecule has 162 valence electrons. The number of nitrogens with zero attached hydrogens (tertiary/aromatic N) is 1. The van der Waals surface area contributed by atoms with Gasteiger partial charge in [0.05, 0.1) is 22.7 Å². The summed E-state index contributed by atoms with van der Waals surface area (Å²) in [6.45, 7) is 2.60. The lowest BCUT2D eigenvalue weighted by Crippen LogP contribution is -2.27. The largest absolute Gasteiger partial charge is 0.478 e. The predicted molar refractivity (Wildman–Crippen MR) is 126 cm³/mol. The van der Waals surface area contributed by atoms with Crippen LogP contribution in [0.1, 0.15) is 44.8 Å². The summed E-state index contributed by atoms with van der Waals surface area (Å²) in [4.78, 5) is 24.2. The number of aromatic carboxylic acids is 1. The molecule has 6 heteroatoms. The first-order valence-corrected chi connectivity index (χ1v) is 10.8. The summed E-state index contributed by atoms with van der Waals surface area (Å²) < 4.78 is 2.09. The van der Waals surface area contributed by atoms with Crippen molar-refractivity contribution >= 4 is 34.4 Å². The second-order valence-corrected chi connectivity index (χ2v) is 8.19. The number of rotatable bonds is 7. The molecule has 0 saturated carbocycles. The number of para-hydroxylation sites is 1. The van der Waals surface area contributed by atoms with Gasteiger partial charge in [0.2, 0.25) is 0 Å². The fourth-order valence-corrected chi connectivity index (χ4v) is 4.06. The third-order valence-corrected chi connectivity index (χ3v) is 5.80. The molecule has 1 aromatic heterocycles. The highest BCUT2D eigenvalue weighted by Crippen LogP contribution is 2.23. The topological polar surface area (TPSA) is 71.3 Å². The third-order valence-electron chi connectivity index (χ3n) is 5.57. The van der Waals surface area contributed by atoms with Gasteiger partial charge in [-0.1, -0.05) is 48.0 Å². The van der Waals surface area contributed by atoms with Crippen LogP contribution in [0, 0.1) is 0 Å². The van der Waals surface area contributed by atoms with Crippen LogP contribution in [0.15, 0.2) is 79.0 Å². The van der Waals surface area contributed by atoms with Crippen molar-refractivity contribution in [2.75, 3.05) is 0 Å². The number of fused-ring (bicyclic) bond motifs is 1. The molecular formula is C26H23ClN2O3. The minimum Gasteiger partial charge on any atom is -0.478 e. The van der Waals surface area contributed by atoms with Crippen molar-refractivity contribution in [1.29, 1.82) is 0 Å². The van der Waals surface area contributed by atoms with Gasteiger partial charge in [0, 0.05) is 23.2 Å². The zero-order valence-corrected chi connectivity index (χ0v) is 18.3.